The molecule has 2 amide bonds. The molecule has 0 saturated carbocycles. The Bertz CT molecular complexity index is 665. The molecule has 2 aromatic rings. The van der Waals surface area contributed by atoms with Gasteiger partial charge < -0.3 is 0 Å². The lowest BCUT2D eigenvalue weighted by molar-refractivity contribution is -0.139. The predicted octanol–water partition coefficient (Wildman–Crippen LogP) is 3.20. The Hall–Kier alpha value is -1.72. The van der Waals surface area contributed by atoms with Crippen LogP contribution in [-0.4, -0.2) is 21.7 Å². The van der Waals surface area contributed by atoms with E-state index in [9.17, 15) is 9.59 Å². The number of imide groups is 1. The van der Waals surface area contributed by atoms with Crippen molar-refractivity contribution in [2.75, 3.05) is 0 Å². The van der Waals surface area contributed by atoms with Crippen LogP contribution in [0.3, 0.4) is 0 Å². The lowest BCUT2D eigenvalue weighted by Crippen LogP contribution is -2.28. The van der Waals surface area contributed by atoms with Crippen molar-refractivity contribution in [3.63, 3.8) is 0 Å². The van der Waals surface area contributed by atoms with Crippen LogP contribution in [0.25, 0.3) is 10.6 Å². The molecule has 6 heteroatoms. The molecule has 0 N–H and O–H groups in total. The van der Waals surface area contributed by atoms with Gasteiger partial charge in [0.15, 0.2) is 0 Å². The number of benzene rings is 1. The van der Waals surface area contributed by atoms with E-state index in [4.69, 9.17) is 11.6 Å². The van der Waals surface area contributed by atoms with Crippen LogP contribution in [0.15, 0.2) is 29.6 Å². The highest BCUT2D eigenvalue weighted by molar-refractivity contribution is 7.13. The Morgan fingerprint density at radius 1 is 1.14 bits per heavy atom. The first-order valence-electron chi connectivity index (χ1n) is 6.60. The first kappa shape index (κ1) is 14.2. The third-order valence-corrected chi connectivity index (χ3v) is 4.60. The lowest BCUT2D eigenvalue weighted by Gasteiger charge is -2.13. The molecule has 0 radical (unpaired) electrons. The molecule has 0 atom stereocenters. The number of nitrogens with zero attached hydrogens (tertiary/aromatic N) is 2. The molecule has 21 heavy (non-hydrogen) atoms. The summed E-state index contributed by atoms with van der Waals surface area (Å²) in [5.41, 5.74) is 2.82. The van der Waals surface area contributed by atoms with Crippen molar-refractivity contribution < 1.29 is 9.59 Å². The minimum Gasteiger partial charge on any atom is -0.278 e. The van der Waals surface area contributed by atoms with Gasteiger partial charge in [-0.25, -0.2) is 4.98 Å². The van der Waals surface area contributed by atoms with Crippen LogP contribution in [0.2, 0.25) is 0 Å². The zero-order valence-corrected chi connectivity index (χ0v) is 12.8. The first-order chi connectivity index (χ1) is 10.2. The highest BCUT2D eigenvalue weighted by atomic mass is 35.5. The molecule has 1 fully saturated rings. The molecule has 1 aromatic carbocycles. The van der Waals surface area contributed by atoms with Gasteiger partial charge in [-0.1, -0.05) is 24.3 Å². The van der Waals surface area contributed by atoms with Crippen molar-refractivity contribution in [2.24, 2.45) is 0 Å². The number of likely N-dealkylation sites (tertiary alicyclic amines) is 1. The summed E-state index contributed by atoms with van der Waals surface area (Å²) in [7, 11) is 0. The summed E-state index contributed by atoms with van der Waals surface area (Å²) in [6.45, 7) is 0.350. The molecule has 1 aliphatic rings. The van der Waals surface area contributed by atoms with Gasteiger partial charge >= 0.3 is 0 Å². The fourth-order valence-electron chi connectivity index (χ4n) is 2.24. The Kier molecular flexibility index (Phi) is 4.03. The zero-order valence-electron chi connectivity index (χ0n) is 11.2. The largest absolute Gasteiger partial charge is 0.278 e. The quantitative estimate of drug-likeness (QED) is 0.642. The Morgan fingerprint density at radius 3 is 2.38 bits per heavy atom. The maximum Gasteiger partial charge on any atom is 0.229 e. The Morgan fingerprint density at radius 2 is 1.81 bits per heavy atom. The molecule has 108 valence electrons. The molecule has 0 unspecified atom stereocenters. The fourth-order valence-corrected chi connectivity index (χ4v) is 3.29. The third-order valence-electron chi connectivity index (χ3n) is 3.39. The van der Waals surface area contributed by atoms with E-state index in [0.29, 0.717) is 25.3 Å². The molecule has 3 rings (SSSR count). The van der Waals surface area contributed by atoms with Crippen molar-refractivity contribution in [3.05, 3.63) is 40.9 Å². The number of carbonyl (C=O) groups is 2. The second kappa shape index (κ2) is 5.95. The molecule has 0 spiro atoms. The highest BCUT2D eigenvalue weighted by Crippen LogP contribution is 2.25. The van der Waals surface area contributed by atoms with Crippen LogP contribution in [0.4, 0.5) is 0 Å². The number of carbonyl (C=O) groups excluding carboxylic acids is 2. The van der Waals surface area contributed by atoms with Crippen molar-refractivity contribution in [2.45, 2.75) is 25.3 Å². The van der Waals surface area contributed by atoms with E-state index in [1.807, 2.05) is 29.6 Å². The van der Waals surface area contributed by atoms with Crippen LogP contribution in [0.1, 0.15) is 24.1 Å². The monoisotopic (exact) mass is 320 g/mol. The molecule has 1 aromatic heterocycles. The fraction of sp³-hybridized carbons (Fsp3) is 0.267. The minimum absolute atomic E-state index is 0.0873. The van der Waals surface area contributed by atoms with E-state index < -0.39 is 0 Å². The summed E-state index contributed by atoms with van der Waals surface area (Å²) in [5.74, 6) is 0.236. The number of thiazole rings is 1. The van der Waals surface area contributed by atoms with E-state index in [1.165, 1.54) is 4.90 Å². The van der Waals surface area contributed by atoms with Crippen molar-refractivity contribution in [1.29, 1.82) is 0 Å². The van der Waals surface area contributed by atoms with Gasteiger partial charge in [0.2, 0.25) is 11.8 Å². The van der Waals surface area contributed by atoms with Crippen molar-refractivity contribution in [1.82, 2.24) is 9.88 Å². The average molecular weight is 321 g/mol. The molecule has 1 saturated heterocycles. The lowest BCUT2D eigenvalue weighted by atomic mass is 10.1. The third kappa shape index (κ3) is 2.99. The SMILES string of the molecule is O=C1CCC(=O)N1Cc1ccc(-c2nc(CCl)cs2)cc1. The van der Waals surface area contributed by atoms with Crippen LogP contribution < -0.4 is 0 Å². The standard InChI is InChI=1S/C15H13ClN2O2S/c16-7-12-9-21-15(17-12)11-3-1-10(2-4-11)8-18-13(19)5-6-14(18)20/h1-4,9H,5-8H2. The number of hydrogen-bond donors (Lipinski definition) is 0. The maximum absolute atomic E-state index is 11.6. The smallest absolute Gasteiger partial charge is 0.229 e. The van der Waals surface area contributed by atoms with Crippen LogP contribution >= 0.6 is 22.9 Å². The van der Waals surface area contributed by atoms with E-state index in [-0.39, 0.29) is 11.8 Å². The van der Waals surface area contributed by atoms with E-state index in [2.05, 4.69) is 4.98 Å². The van der Waals surface area contributed by atoms with E-state index in [0.717, 1.165) is 21.8 Å². The van der Waals surface area contributed by atoms with Crippen molar-refractivity contribution >= 4 is 34.8 Å². The second-order valence-corrected chi connectivity index (χ2v) is 5.97. The van der Waals surface area contributed by atoms with E-state index >= 15 is 0 Å². The summed E-state index contributed by atoms with van der Waals surface area (Å²) in [4.78, 5) is 28.9. The number of hydrogen-bond acceptors (Lipinski definition) is 4. The summed E-state index contributed by atoms with van der Waals surface area (Å²) in [5, 5.41) is 2.86. The first-order valence-corrected chi connectivity index (χ1v) is 8.01. The number of rotatable bonds is 4. The predicted molar refractivity (Wildman–Crippen MR) is 81.9 cm³/mol. The summed E-state index contributed by atoms with van der Waals surface area (Å²) < 4.78 is 0. The second-order valence-electron chi connectivity index (χ2n) is 4.85. The number of amides is 2. The molecule has 4 nitrogen and oxygen atoms in total. The normalized spacial score (nSPS) is 15.0. The van der Waals surface area contributed by atoms with Crippen LogP contribution in [0, 0.1) is 0 Å². The van der Waals surface area contributed by atoms with Gasteiger partial charge in [0.25, 0.3) is 0 Å². The van der Waals surface area contributed by atoms with Crippen LogP contribution in [0.5, 0.6) is 0 Å². The summed E-state index contributed by atoms with van der Waals surface area (Å²) in [6, 6.07) is 7.76. The topological polar surface area (TPSA) is 50.3 Å². The number of halogens is 1. The van der Waals surface area contributed by atoms with Gasteiger partial charge in [-0.05, 0) is 5.56 Å². The zero-order chi connectivity index (χ0) is 14.8. The summed E-state index contributed by atoms with van der Waals surface area (Å²) >= 11 is 7.30. The van der Waals surface area contributed by atoms with Crippen LogP contribution in [-0.2, 0) is 22.0 Å². The van der Waals surface area contributed by atoms with Gasteiger partial charge in [-0.3, -0.25) is 14.5 Å². The van der Waals surface area contributed by atoms with Crippen molar-refractivity contribution in [3.8, 4) is 10.6 Å². The highest BCUT2D eigenvalue weighted by Gasteiger charge is 2.28. The number of aromatic nitrogens is 1. The van der Waals surface area contributed by atoms with E-state index in [1.54, 1.807) is 11.3 Å². The van der Waals surface area contributed by atoms with Gasteiger partial charge in [0.1, 0.15) is 5.01 Å². The maximum atomic E-state index is 11.6. The Labute approximate surface area is 131 Å². The van der Waals surface area contributed by atoms with Gasteiger partial charge in [-0.2, -0.15) is 0 Å². The molecule has 1 aliphatic heterocycles. The summed E-state index contributed by atoms with van der Waals surface area (Å²) in [6.07, 6.45) is 0.661. The molecule has 0 bridgehead atoms. The molecule has 0 aliphatic carbocycles. The molecule has 2 heterocycles. The number of alkyl halides is 1. The average Bonchev–Trinajstić information content (AvgIpc) is 3.10. The van der Waals surface area contributed by atoms with Gasteiger partial charge in [-0.15, -0.1) is 22.9 Å². The molecular weight excluding hydrogens is 308 g/mol. The molecular formula is C15H13ClN2O2S. The Balaban J connectivity index is 1.75. The minimum atomic E-state index is -0.0873. The van der Waals surface area contributed by atoms with Gasteiger partial charge in [0.05, 0.1) is 18.1 Å². The van der Waals surface area contributed by atoms with Gasteiger partial charge in [0, 0.05) is 23.8 Å².